The highest BCUT2D eigenvalue weighted by Crippen LogP contribution is 2.38. The summed E-state index contributed by atoms with van der Waals surface area (Å²) in [6.45, 7) is 1.88. The van der Waals surface area contributed by atoms with Crippen LogP contribution in [-0.4, -0.2) is 42.3 Å². The van der Waals surface area contributed by atoms with E-state index in [0.29, 0.717) is 5.69 Å². The van der Waals surface area contributed by atoms with Gasteiger partial charge in [-0.3, -0.25) is 4.79 Å². The van der Waals surface area contributed by atoms with Crippen LogP contribution in [0.5, 0.6) is 0 Å². The van der Waals surface area contributed by atoms with Crippen molar-refractivity contribution in [1.29, 1.82) is 0 Å². The van der Waals surface area contributed by atoms with E-state index in [1.165, 1.54) is 25.7 Å². The molecule has 0 amide bonds. The van der Waals surface area contributed by atoms with Gasteiger partial charge in [0.05, 0.1) is 11.9 Å². The smallest absolute Gasteiger partial charge is 0.285 e. The lowest BCUT2D eigenvalue weighted by Crippen LogP contribution is -2.37. The van der Waals surface area contributed by atoms with Crippen LogP contribution in [0.3, 0.4) is 0 Å². The topological polar surface area (TPSA) is 61.0 Å². The molecule has 19 heavy (non-hydrogen) atoms. The molecule has 1 aliphatic carbocycles. The van der Waals surface area contributed by atoms with Gasteiger partial charge in [0, 0.05) is 18.5 Å². The summed E-state index contributed by atoms with van der Waals surface area (Å²) in [5, 5.41) is 9.59. The molecule has 2 rings (SSSR count). The van der Waals surface area contributed by atoms with E-state index < -0.39 is 0 Å². The van der Waals surface area contributed by atoms with Crippen LogP contribution in [0, 0.1) is 5.41 Å². The van der Waals surface area contributed by atoms with Crippen LogP contribution in [0.2, 0.25) is 5.02 Å². The Labute approximate surface area is 118 Å². The van der Waals surface area contributed by atoms with E-state index in [1.54, 1.807) is 6.20 Å². The summed E-state index contributed by atoms with van der Waals surface area (Å²) in [5.41, 5.74) is 0.547. The van der Waals surface area contributed by atoms with Crippen LogP contribution in [0.4, 0.5) is 5.69 Å². The van der Waals surface area contributed by atoms with Crippen molar-refractivity contribution in [2.45, 2.75) is 25.7 Å². The molecule has 0 bridgehead atoms. The Morgan fingerprint density at radius 1 is 1.47 bits per heavy atom. The summed E-state index contributed by atoms with van der Waals surface area (Å²) in [7, 11) is 4.20. The zero-order valence-electron chi connectivity index (χ0n) is 11.5. The van der Waals surface area contributed by atoms with E-state index in [1.807, 2.05) is 0 Å². The lowest BCUT2D eigenvalue weighted by atomic mass is 9.85. The van der Waals surface area contributed by atoms with Gasteiger partial charge in [-0.05, 0) is 26.9 Å². The maximum absolute atomic E-state index is 11.4. The molecule has 0 atom stereocenters. The Morgan fingerprint density at radius 3 is 2.79 bits per heavy atom. The number of hydrogen-bond acceptors (Lipinski definition) is 4. The monoisotopic (exact) mass is 284 g/mol. The molecular weight excluding hydrogens is 264 g/mol. The first-order chi connectivity index (χ1) is 9.02. The summed E-state index contributed by atoms with van der Waals surface area (Å²) >= 11 is 5.97. The maximum atomic E-state index is 11.4. The van der Waals surface area contributed by atoms with Gasteiger partial charge in [-0.25, -0.2) is 5.10 Å². The third-order valence-electron chi connectivity index (χ3n) is 3.77. The number of aromatic amines is 1. The van der Waals surface area contributed by atoms with Crippen molar-refractivity contribution in [1.82, 2.24) is 15.1 Å². The standard InChI is InChI=1S/C13H21ClN4O/c1-18(2)9-13(5-3-4-6-13)8-15-10-7-16-17-12(19)11(10)14/h7H,3-6,8-9H2,1-2H3,(H2,15,17,19). The number of H-pyrrole nitrogens is 1. The molecule has 0 spiro atoms. The van der Waals surface area contributed by atoms with Gasteiger partial charge in [0.2, 0.25) is 0 Å². The van der Waals surface area contributed by atoms with Crippen LogP contribution < -0.4 is 10.9 Å². The molecule has 0 aliphatic heterocycles. The highest BCUT2D eigenvalue weighted by Gasteiger charge is 2.34. The molecule has 0 saturated heterocycles. The van der Waals surface area contributed by atoms with E-state index >= 15 is 0 Å². The minimum atomic E-state index is -0.347. The lowest BCUT2D eigenvalue weighted by molar-refractivity contribution is 0.215. The predicted octanol–water partition coefficient (Wildman–Crippen LogP) is 1.96. The van der Waals surface area contributed by atoms with Crippen molar-refractivity contribution in [3.8, 4) is 0 Å². The molecule has 1 heterocycles. The minimum absolute atomic E-state index is 0.188. The second-order valence-corrected chi connectivity index (χ2v) is 6.10. The van der Waals surface area contributed by atoms with Gasteiger partial charge in [0.25, 0.3) is 5.56 Å². The largest absolute Gasteiger partial charge is 0.382 e. The molecule has 0 aromatic carbocycles. The first-order valence-corrected chi connectivity index (χ1v) is 7.02. The quantitative estimate of drug-likeness (QED) is 0.868. The molecule has 6 heteroatoms. The van der Waals surface area contributed by atoms with Crippen LogP contribution in [0.1, 0.15) is 25.7 Å². The number of nitrogens with one attached hydrogen (secondary N) is 2. The molecule has 5 nitrogen and oxygen atoms in total. The van der Waals surface area contributed by atoms with Crippen molar-refractivity contribution < 1.29 is 0 Å². The highest BCUT2D eigenvalue weighted by molar-refractivity contribution is 6.32. The van der Waals surface area contributed by atoms with Crippen molar-refractivity contribution in [2.75, 3.05) is 32.5 Å². The summed E-state index contributed by atoms with van der Waals surface area (Å²) in [5.74, 6) is 0. The number of aromatic nitrogens is 2. The van der Waals surface area contributed by atoms with E-state index in [4.69, 9.17) is 11.6 Å². The minimum Gasteiger partial charge on any atom is -0.382 e. The van der Waals surface area contributed by atoms with E-state index in [2.05, 4.69) is 34.5 Å². The summed E-state index contributed by atoms with van der Waals surface area (Å²) in [4.78, 5) is 13.6. The Bertz CT molecular complexity index is 480. The van der Waals surface area contributed by atoms with Crippen LogP contribution >= 0.6 is 11.6 Å². The third-order valence-corrected chi connectivity index (χ3v) is 4.14. The second-order valence-electron chi connectivity index (χ2n) is 5.73. The fourth-order valence-electron chi connectivity index (χ4n) is 2.98. The van der Waals surface area contributed by atoms with E-state index in [-0.39, 0.29) is 16.0 Å². The average molecular weight is 285 g/mol. The molecule has 2 N–H and O–H groups in total. The van der Waals surface area contributed by atoms with Crippen molar-refractivity contribution in [3.63, 3.8) is 0 Å². The lowest BCUT2D eigenvalue weighted by Gasteiger charge is -2.32. The third kappa shape index (κ3) is 3.48. The van der Waals surface area contributed by atoms with Crippen molar-refractivity contribution in [3.05, 3.63) is 21.6 Å². The Kier molecular flexibility index (Phi) is 4.47. The van der Waals surface area contributed by atoms with Gasteiger partial charge in [0.15, 0.2) is 0 Å². The summed E-state index contributed by atoms with van der Waals surface area (Å²) in [6.07, 6.45) is 6.55. The highest BCUT2D eigenvalue weighted by atomic mass is 35.5. The molecule has 1 aromatic heterocycles. The van der Waals surface area contributed by atoms with Crippen LogP contribution in [0.15, 0.2) is 11.0 Å². The number of anilines is 1. The Morgan fingerprint density at radius 2 is 2.16 bits per heavy atom. The number of hydrogen-bond donors (Lipinski definition) is 2. The van der Waals surface area contributed by atoms with Gasteiger partial charge >= 0.3 is 0 Å². The zero-order valence-corrected chi connectivity index (χ0v) is 12.3. The Hall–Kier alpha value is -1.07. The molecule has 0 unspecified atom stereocenters. The molecule has 1 aromatic rings. The van der Waals surface area contributed by atoms with Gasteiger partial charge in [-0.15, -0.1) is 0 Å². The van der Waals surface area contributed by atoms with Crippen molar-refractivity contribution in [2.24, 2.45) is 5.41 Å². The summed E-state index contributed by atoms with van der Waals surface area (Å²) in [6, 6.07) is 0. The van der Waals surface area contributed by atoms with Crippen LogP contribution in [0.25, 0.3) is 0 Å². The van der Waals surface area contributed by atoms with Crippen molar-refractivity contribution >= 4 is 17.3 Å². The fraction of sp³-hybridized carbons (Fsp3) is 0.692. The zero-order chi connectivity index (χ0) is 13.9. The molecule has 1 aliphatic rings. The van der Waals surface area contributed by atoms with Gasteiger partial charge < -0.3 is 10.2 Å². The second kappa shape index (κ2) is 5.92. The van der Waals surface area contributed by atoms with E-state index in [9.17, 15) is 4.79 Å². The van der Waals surface area contributed by atoms with Crippen LogP contribution in [-0.2, 0) is 0 Å². The number of nitrogens with zero attached hydrogens (tertiary/aromatic N) is 2. The number of halogens is 1. The first-order valence-electron chi connectivity index (χ1n) is 6.64. The predicted molar refractivity (Wildman–Crippen MR) is 77.8 cm³/mol. The Balaban J connectivity index is 2.07. The van der Waals surface area contributed by atoms with E-state index in [0.717, 1.165) is 13.1 Å². The molecular formula is C13H21ClN4O. The van der Waals surface area contributed by atoms with Gasteiger partial charge in [0.1, 0.15) is 5.02 Å². The summed E-state index contributed by atoms with van der Waals surface area (Å²) < 4.78 is 0. The molecule has 1 saturated carbocycles. The average Bonchev–Trinajstić information content (AvgIpc) is 2.79. The first kappa shape index (κ1) is 14.3. The van der Waals surface area contributed by atoms with Gasteiger partial charge in [-0.1, -0.05) is 24.4 Å². The normalized spacial score (nSPS) is 17.9. The number of rotatable bonds is 5. The fourth-order valence-corrected chi connectivity index (χ4v) is 3.13. The van der Waals surface area contributed by atoms with Gasteiger partial charge in [-0.2, -0.15) is 5.10 Å². The molecule has 0 radical (unpaired) electrons. The maximum Gasteiger partial charge on any atom is 0.285 e. The SMILES string of the molecule is CN(C)CC1(CNc2cn[nH]c(=O)c2Cl)CCCC1. The molecule has 1 fully saturated rings. The molecule has 106 valence electrons.